The first-order valence-electron chi connectivity index (χ1n) is 4.11. The van der Waals surface area contributed by atoms with Crippen LogP contribution in [0.3, 0.4) is 0 Å². The summed E-state index contributed by atoms with van der Waals surface area (Å²) >= 11 is 0. The summed E-state index contributed by atoms with van der Waals surface area (Å²) in [5, 5.41) is 10.1. The van der Waals surface area contributed by atoms with Crippen LogP contribution in [-0.4, -0.2) is 5.11 Å². The highest BCUT2D eigenvalue weighted by Gasteiger charge is 2.07. The molecule has 0 saturated heterocycles. The van der Waals surface area contributed by atoms with Gasteiger partial charge in [-0.1, -0.05) is 0 Å². The number of nitrogens with two attached hydrogens (primary N) is 1. The fourth-order valence-electron chi connectivity index (χ4n) is 1.33. The molecule has 0 atom stereocenters. The van der Waals surface area contributed by atoms with E-state index in [2.05, 4.69) is 0 Å². The Labute approximate surface area is 79.6 Å². The molecule has 0 aliphatic heterocycles. The van der Waals surface area contributed by atoms with E-state index in [9.17, 15) is 9.90 Å². The molecule has 0 bridgehead atoms. The van der Waals surface area contributed by atoms with Crippen molar-refractivity contribution in [2.75, 3.05) is 5.73 Å². The van der Waals surface area contributed by atoms with E-state index in [-0.39, 0.29) is 11.4 Å². The zero-order valence-corrected chi connectivity index (χ0v) is 7.57. The summed E-state index contributed by atoms with van der Waals surface area (Å²) in [5.74, 6) is 0.102. The Morgan fingerprint density at radius 2 is 2.14 bits per heavy atom. The number of rotatable bonds is 0. The summed E-state index contributed by atoms with van der Waals surface area (Å²) < 4.78 is 4.96. The van der Waals surface area contributed by atoms with Crippen molar-refractivity contribution >= 4 is 16.7 Å². The minimum Gasteiger partial charge on any atom is -0.508 e. The minimum atomic E-state index is -0.578. The predicted molar refractivity (Wildman–Crippen MR) is 53.3 cm³/mol. The first kappa shape index (κ1) is 8.62. The van der Waals surface area contributed by atoms with Crippen LogP contribution in [0.4, 0.5) is 5.69 Å². The number of aromatic hydroxyl groups is 1. The van der Waals surface area contributed by atoms with Crippen molar-refractivity contribution in [2.45, 2.75) is 6.92 Å². The van der Waals surface area contributed by atoms with Gasteiger partial charge in [0.05, 0.1) is 0 Å². The van der Waals surface area contributed by atoms with Gasteiger partial charge < -0.3 is 15.3 Å². The van der Waals surface area contributed by atoms with Gasteiger partial charge in [0, 0.05) is 10.9 Å². The second-order valence-electron chi connectivity index (χ2n) is 3.12. The topological polar surface area (TPSA) is 76.5 Å². The summed E-state index contributed by atoms with van der Waals surface area (Å²) in [4.78, 5) is 11.1. The number of nitrogen functional groups attached to an aromatic ring is 1. The summed E-state index contributed by atoms with van der Waals surface area (Å²) in [7, 11) is 0. The van der Waals surface area contributed by atoms with Crippen LogP contribution in [0.25, 0.3) is 11.0 Å². The van der Waals surface area contributed by atoms with Gasteiger partial charge in [0.1, 0.15) is 17.0 Å². The van der Waals surface area contributed by atoms with E-state index < -0.39 is 5.63 Å². The molecular weight excluding hydrogens is 182 g/mol. The highest BCUT2D eigenvalue weighted by molar-refractivity contribution is 5.83. The average molecular weight is 191 g/mol. The molecule has 1 aromatic carbocycles. The van der Waals surface area contributed by atoms with E-state index in [1.54, 1.807) is 13.0 Å². The molecule has 0 amide bonds. The SMILES string of the molecule is Cc1c(O)ccc2cc(N)c(=O)oc12. The molecule has 72 valence electrons. The molecular formula is C10H9NO3. The molecule has 0 radical (unpaired) electrons. The van der Waals surface area contributed by atoms with Crippen molar-refractivity contribution in [1.29, 1.82) is 0 Å². The van der Waals surface area contributed by atoms with Crippen LogP contribution < -0.4 is 11.4 Å². The van der Waals surface area contributed by atoms with Gasteiger partial charge in [-0.15, -0.1) is 0 Å². The maximum atomic E-state index is 11.1. The summed E-state index contributed by atoms with van der Waals surface area (Å²) in [6, 6.07) is 4.72. The quantitative estimate of drug-likeness (QED) is 0.617. The van der Waals surface area contributed by atoms with Gasteiger partial charge in [-0.2, -0.15) is 0 Å². The zero-order valence-electron chi connectivity index (χ0n) is 7.57. The standard InChI is InChI=1S/C10H9NO3/c1-5-8(12)3-2-6-4-7(11)10(13)14-9(5)6/h2-4,12H,11H2,1H3. The molecule has 0 spiro atoms. The molecule has 0 aliphatic carbocycles. The molecule has 0 saturated carbocycles. The van der Waals surface area contributed by atoms with Gasteiger partial charge >= 0.3 is 5.63 Å². The average Bonchev–Trinajstić information content (AvgIpc) is 2.15. The number of benzene rings is 1. The highest BCUT2D eigenvalue weighted by Crippen LogP contribution is 2.25. The maximum absolute atomic E-state index is 11.1. The number of hydrogen-bond donors (Lipinski definition) is 2. The fourth-order valence-corrected chi connectivity index (χ4v) is 1.33. The smallest absolute Gasteiger partial charge is 0.359 e. The Hall–Kier alpha value is -1.97. The molecule has 0 fully saturated rings. The van der Waals surface area contributed by atoms with E-state index in [1.807, 2.05) is 0 Å². The van der Waals surface area contributed by atoms with Crippen LogP contribution in [0.15, 0.2) is 27.4 Å². The molecule has 14 heavy (non-hydrogen) atoms. The van der Waals surface area contributed by atoms with Crippen LogP contribution in [0.2, 0.25) is 0 Å². The largest absolute Gasteiger partial charge is 0.508 e. The van der Waals surface area contributed by atoms with E-state index in [1.165, 1.54) is 12.1 Å². The van der Waals surface area contributed by atoms with Crippen molar-refractivity contribution in [3.63, 3.8) is 0 Å². The van der Waals surface area contributed by atoms with E-state index >= 15 is 0 Å². The lowest BCUT2D eigenvalue weighted by molar-refractivity contribution is 0.468. The minimum absolute atomic E-state index is 0.0718. The van der Waals surface area contributed by atoms with Gasteiger partial charge in [-0.25, -0.2) is 4.79 Å². The van der Waals surface area contributed by atoms with Gasteiger partial charge in [0.2, 0.25) is 0 Å². The first-order chi connectivity index (χ1) is 6.59. The molecule has 1 aromatic heterocycles. The van der Waals surface area contributed by atoms with Gasteiger partial charge in [-0.3, -0.25) is 0 Å². The monoisotopic (exact) mass is 191 g/mol. The molecule has 2 aromatic rings. The summed E-state index contributed by atoms with van der Waals surface area (Å²) in [5.41, 5.74) is 5.82. The summed E-state index contributed by atoms with van der Waals surface area (Å²) in [6.45, 7) is 1.68. The molecule has 1 heterocycles. The lowest BCUT2D eigenvalue weighted by atomic mass is 10.1. The molecule has 0 unspecified atom stereocenters. The lowest BCUT2D eigenvalue weighted by Gasteiger charge is -2.02. The third-order valence-electron chi connectivity index (χ3n) is 2.15. The Morgan fingerprint density at radius 1 is 1.43 bits per heavy atom. The van der Waals surface area contributed by atoms with Crippen molar-refractivity contribution < 1.29 is 9.52 Å². The highest BCUT2D eigenvalue weighted by atomic mass is 16.4. The van der Waals surface area contributed by atoms with E-state index in [0.29, 0.717) is 16.5 Å². The van der Waals surface area contributed by atoms with E-state index in [4.69, 9.17) is 10.2 Å². The fraction of sp³-hybridized carbons (Fsp3) is 0.100. The van der Waals surface area contributed by atoms with Crippen LogP contribution in [0, 0.1) is 6.92 Å². The zero-order chi connectivity index (χ0) is 10.3. The van der Waals surface area contributed by atoms with Gasteiger partial charge in [-0.05, 0) is 25.1 Å². The molecule has 2 rings (SSSR count). The summed E-state index contributed by atoms with van der Waals surface area (Å²) in [6.07, 6.45) is 0. The third kappa shape index (κ3) is 1.12. The third-order valence-corrected chi connectivity index (χ3v) is 2.15. The van der Waals surface area contributed by atoms with Crippen LogP contribution in [0.5, 0.6) is 5.75 Å². The Balaban J connectivity index is 2.97. The molecule has 0 aliphatic rings. The van der Waals surface area contributed by atoms with Gasteiger partial charge in [0.25, 0.3) is 0 Å². The van der Waals surface area contributed by atoms with Crippen LogP contribution in [-0.2, 0) is 0 Å². The number of aryl methyl sites for hydroxylation is 1. The van der Waals surface area contributed by atoms with Crippen molar-refractivity contribution in [1.82, 2.24) is 0 Å². The number of phenols is 1. The molecule has 4 nitrogen and oxygen atoms in total. The second-order valence-corrected chi connectivity index (χ2v) is 3.12. The Morgan fingerprint density at radius 3 is 2.86 bits per heavy atom. The number of anilines is 1. The molecule has 4 heteroatoms. The second kappa shape index (κ2) is 2.77. The normalized spacial score (nSPS) is 10.6. The van der Waals surface area contributed by atoms with Crippen molar-refractivity contribution in [2.24, 2.45) is 0 Å². The Bertz CT molecular complexity index is 557. The van der Waals surface area contributed by atoms with Gasteiger partial charge in [0.15, 0.2) is 0 Å². The number of hydrogen-bond acceptors (Lipinski definition) is 4. The lowest BCUT2D eigenvalue weighted by Crippen LogP contribution is -2.05. The van der Waals surface area contributed by atoms with E-state index in [0.717, 1.165) is 0 Å². The Kier molecular flexibility index (Phi) is 1.70. The maximum Gasteiger partial charge on any atom is 0.359 e. The predicted octanol–water partition coefficient (Wildman–Crippen LogP) is 1.39. The molecule has 3 N–H and O–H groups in total. The van der Waals surface area contributed by atoms with Crippen LogP contribution >= 0.6 is 0 Å². The number of phenolic OH excluding ortho intramolecular Hbond substituents is 1. The first-order valence-corrected chi connectivity index (χ1v) is 4.11. The van der Waals surface area contributed by atoms with Crippen LogP contribution in [0.1, 0.15) is 5.56 Å². The van der Waals surface area contributed by atoms with Crippen molar-refractivity contribution in [3.05, 3.63) is 34.2 Å². The number of fused-ring (bicyclic) bond motifs is 1. The van der Waals surface area contributed by atoms with Crippen molar-refractivity contribution in [3.8, 4) is 5.75 Å².